The van der Waals surface area contributed by atoms with Crippen LogP contribution in [-0.2, 0) is 6.54 Å². The molecule has 2 heterocycles. The number of rotatable bonds is 4. The van der Waals surface area contributed by atoms with Crippen LogP contribution < -0.4 is 0 Å². The van der Waals surface area contributed by atoms with Gasteiger partial charge in [0.15, 0.2) is 0 Å². The summed E-state index contributed by atoms with van der Waals surface area (Å²) in [4.78, 5) is 13.2. The second-order valence-corrected chi connectivity index (χ2v) is 4.25. The first kappa shape index (κ1) is 11.1. The fourth-order valence-electron chi connectivity index (χ4n) is 2.09. The molecule has 1 saturated heterocycles. The van der Waals surface area contributed by atoms with Crippen LogP contribution in [0.3, 0.4) is 0 Å². The van der Waals surface area contributed by atoms with Crippen molar-refractivity contribution in [1.82, 2.24) is 14.7 Å². The molecule has 88 valence electrons. The molecule has 5 nitrogen and oxygen atoms in total. The monoisotopic (exact) mass is 223 g/mol. The fraction of sp³-hybridized carbons (Fsp3) is 0.636. The lowest BCUT2D eigenvalue weighted by Gasteiger charge is -2.13. The third-order valence-electron chi connectivity index (χ3n) is 3.02. The van der Waals surface area contributed by atoms with Crippen LogP contribution in [0, 0.1) is 6.92 Å². The standard InChI is InChI=1S/C11H17N3O2/c1-9-10(11(15)16)8-14(12-9)7-6-13-4-2-3-5-13/h8H,2-7H2,1H3,(H,15,16). The molecule has 1 aliphatic heterocycles. The number of aromatic nitrogens is 2. The summed E-state index contributed by atoms with van der Waals surface area (Å²) in [6.45, 7) is 5.78. The highest BCUT2D eigenvalue weighted by molar-refractivity contribution is 5.88. The minimum Gasteiger partial charge on any atom is -0.478 e. The summed E-state index contributed by atoms with van der Waals surface area (Å²) in [6.07, 6.45) is 4.17. The van der Waals surface area contributed by atoms with Gasteiger partial charge >= 0.3 is 5.97 Å². The van der Waals surface area contributed by atoms with Crippen molar-refractivity contribution >= 4 is 5.97 Å². The molecule has 16 heavy (non-hydrogen) atoms. The van der Waals surface area contributed by atoms with E-state index in [1.807, 2.05) is 0 Å². The fourth-order valence-corrected chi connectivity index (χ4v) is 2.09. The Morgan fingerprint density at radius 2 is 2.12 bits per heavy atom. The van der Waals surface area contributed by atoms with E-state index in [2.05, 4.69) is 10.00 Å². The zero-order valence-corrected chi connectivity index (χ0v) is 9.52. The zero-order valence-electron chi connectivity index (χ0n) is 9.52. The van der Waals surface area contributed by atoms with Crippen molar-refractivity contribution in [2.24, 2.45) is 0 Å². The molecule has 1 N–H and O–H groups in total. The number of likely N-dealkylation sites (tertiary alicyclic amines) is 1. The molecule has 0 aliphatic carbocycles. The number of carboxylic acids is 1. The van der Waals surface area contributed by atoms with Gasteiger partial charge in [0.05, 0.1) is 12.2 Å². The van der Waals surface area contributed by atoms with E-state index in [-0.39, 0.29) is 0 Å². The van der Waals surface area contributed by atoms with Crippen LogP contribution in [0.2, 0.25) is 0 Å². The van der Waals surface area contributed by atoms with Gasteiger partial charge in [-0.1, -0.05) is 0 Å². The number of carboxylic acid groups (broad SMARTS) is 1. The first-order chi connectivity index (χ1) is 7.66. The average Bonchev–Trinajstić information content (AvgIpc) is 2.83. The van der Waals surface area contributed by atoms with Gasteiger partial charge in [-0.25, -0.2) is 4.79 Å². The second-order valence-electron chi connectivity index (χ2n) is 4.25. The van der Waals surface area contributed by atoms with Crippen LogP contribution in [0.1, 0.15) is 28.9 Å². The lowest BCUT2D eigenvalue weighted by molar-refractivity contribution is 0.0696. The highest BCUT2D eigenvalue weighted by atomic mass is 16.4. The molecule has 0 bridgehead atoms. The van der Waals surface area contributed by atoms with Gasteiger partial charge in [0.1, 0.15) is 5.56 Å². The number of nitrogens with zero attached hydrogens (tertiary/aromatic N) is 3. The SMILES string of the molecule is Cc1nn(CCN2CCCC2)cc1C(=O)O. The first-order valence-corrected chi connectivity index (χ1v) is 5.66. The molecule has 0 atom stereocenters. The van der Waals surface area contributed by atoms with Crippen molar-refractivity contribution in [3.63, 3.8) is 0 Å². The smallest absolute Gasteiger partial charge is 0.339 e. The Kier molecular flexibility index (Phi) is 3.24. The Balaban J connectivity index is 1.94. The van der Waals surface area contributed by atoms with E-state index in [4.69, 9.17) is 5.11 Å². The Morgan fingerprint density at radius 1 is 1.44 bits per heavy atom. The van der Waals surface area contributed by atoms with Crippen molar-refractivity contribution in [2.45, 2.75) is 26.3 Å². The number of carbonyl (C=O) groups is 1. The van der Waals surface area contributed by atoms with E-state index in [0.717, 1.165) is 26.2 Å². The minimum atomic E-state index is -0.898. The predicted octanol–water partition coefficient (Wildman–Crippen LogP) is 0.986. The molecule has 5 heteroatoms. The second kappa shape index (κ2) is 4.65. The summed E-state index contributed by atoms with van der Waals surface area (Å²) >= 11 is 0. The van der Waals surface area contributed by atoms with Crippen molar-refractivity contribution in [3.8, 4) is 0 Å². The molecular weight excluding hydrogens is 206 g/mol. The number of hydrogen-bond acceptors (Lipinski definition) is 3. The lowest BCUT2D eigenvalue weighted by Crippen LogP contribution is -2.24. The van der Waals surface area contributed by atoms with E-state index >= 15 is 0 Å². The van der Waals surface area contributed by atoms with Gasteiger partial charge in [-0.05, 0) is 32.9 Å². The molecule has 0 amide bonds. The first-order valence-electron chi connectivity index (χ1n) is 5.66. The van der Waals surface area contributed by atoms with E-state index in [9.17, 15) is 4.79 Å². The van der Waals surface area contributed by atoms with Crippen molar-refractivity contribution < 1.29 is 9.90 Å². The van der Waals surface area contributed by atoms with Gasteiger partial charge in [-0.2, -0.15) is 5.10 Å². The van der Waals surface area contributed by atoms with E-state index in [1.54, 1.807) is 17.8 Å². The molecule has 0 spiro atoms. The highest BCUT2D eigenvalue weighted by Crippen LogP contribution is 2.08. The number of aromatic carboxylic acids is 1. The van der Waals surface area contributed by atoms with Crippen LogP contribution in [-0.4, -0.2) is 45.4 Å². The third-order valence-corrected chi connectivity index (χ3v) is 3.02. The van der Waals surface area contributed by atoms with Crippen LogP contribution >= 0.6 is 0 Å². The molecule has 2 rings (SSSR count). The van der Waals surface area contributed by atoms with E-state index < -0.39 is 5.97 Å². The maximum atomic E-state index is 10.8. The van der Waals surface area contributed by atoms with Crippen LogP contribution in [0.5, 0.6) is 0 Å². The average molecular weight is 223 g/mol. The molecule has 0 aromatic carbocycles. The van der Waals surface area contributed by atoms with Gasteiger partial charge in [0.25, 0.3) is 0 Å². The topological polar surface area (TPSA) is 58.4 Å². The molecule has 1 aromatic rings. The molecule has 0 radical (unpaired) electrons. The Labute approximate surface area is 94.7 Å². The van der Waals surface area contributed by atoms with Gasteiger partial charge in [-0.15, -0.1) is 0 Å². The maximum Gasteiger partial charge on any atom is 0.339 e. The number of aryl methyl sites for hydroxylation is 1. The lowest BCUT2D eigenvalue weighted by atomic mass is 10.3. The molecular formula is C11H17N3O2. The van der Waals surface area contributed by atoms with Crippen molar-refractivity contribution in [3.05, 3.63) is 17.5 Å². The van der Waals surface area contributed by atoms with Crippen LogP contribution in [0.25, 0.3) is 0 Å². The summed E-state index contributed by atoms with van der Waals surface area (Å²) in [5.74, 6) is -0.898. The molecule has 1 fully saturated rings. The van der Waals surface area contributed by atoms with Gasteiger partial charge in [0.2, 0.25) is 0 Å². The van der Waals surface area contributed by atoms with Gasteiger partial charge < -0.3 is 10.0 Å². The van der Waals surface area contributed by atoms with Gasteiger partial charge in [0, 0.05) is 12.7 Å². The minimum absolute atomic E-state index is 0.307. The molecule has 0 unspecified atom stereocenters. The maximum absolute atomic E-state index is 10.8. The van der Waals surface area contributed by atoms with Crippen molar-refractivity contribution in [2.75, 3.05) is 19.6 Å². The third kappa shape index (κ3) is 2.41. The summed E-state index contributed by atoms with van der Waals surface area (Å²) in [5, 5.41) is 13.1. The molecule has 1 aliphatic rings. The van der Waals surface area contributed by atoms with E-state index in [1.165, 1.54) is 12.8 Å². The number of hydrogen-bond donors (Lipinski definition) is 1. The Morgan fingerprint density at radius 3 is 2.69 bits per heavy atom. The summed E-state index contributed by atoms with van der Waals surface area (Å²) in [6, 6.07) is 0. The van der Waals surface area contributed by atoms with Crippen LogP contribution in [0.4, 0.5) is 0 Å². The summed E-state index contributed by atoms with van der Waals surface area (Å²) in [7, 11) is 0. The summed E-state index contributed by atoms with van der Waals surface area (Å²) in [5.41, 5.74) is 0.898. The zero-order chi connectivity index (χ0) is 11.5. The quantitative estimate of drug-likeness (QED) is 0.826. The molecule has 0 saturated carbocycles. The van der Waals surface area contributed by atoms with Crippen molar-refractivity contribution in [1.29, 1.82) is 0 Å². The van der Waals surface area contributed by atoms with Crippen LogP contribution in [0.15, 0.2) is 6.20 Å². The highest BCUT2D eigenvalue weighted by Gasteiger charge is 2.14. The molecule has 1 aromatic heterocycles. The largest absolute Gasteiger partial charge is 0.478 e. The Bertz CT molecular complexity index is 381. The predicted molar refractivity (Wildman–Crippen MR) is 59.6 cm³/mol. The van der Waals surface area contributed by atoms with Gasteiger partial charge in [-0.3, -0.25) is 4.68 Å². The summed E-state index contributed by atoms with van der Waals surface area (Å²) < 4.78 is 1.73. The van der Waals surface area contributed by atoms with E-state index in [0.29, 0.717) is 11.3 Å². The normalized spacial score (nSPS) is 16.8. The Hall–Kier alpha value is -1.36.